The Kier molecular flexibility index (Phi) is 8.02. The number of rotatable bonds is 8. The molecule has 0 saturated heterocycles. The van der Waals surface area contributed by atoms with Crippen LogP contribution in [0.4, 0.5) is 0 Å². The molecule has 0 fully saturated rings. The monoisotopic (exact) mass is 522 g/mol. The van der Waals surface area contributed by atoms with Crippen molar-refractivity contribution in [1.29, 1.82) is 0 Å². The second-order valence-corrected chi connectivity index (χ2v) is 9.62. The summed E-state index contributed by atoms with van der Waals surface area (Å²) in [5.41, 5.74) is 3.35. The van der Waals surface area contributed by atoms with Crippen molar-refractivity contribution in [3.63, 3.8) is 0 Å². The number of nitrogens with zero attached hydrogens (tertiary/aromatic N) is 1. The Balaban J connectivity index is 1.59. The molecule has 0 aliphatic heterocycles. The van der Waals surface area contributed by atoms with E-state index in [0.29, 0.717) is 34.4 Å². The van der Waals surface area contributed by atoms with Crippen LogP contribution in [-0.4, -0.2) is 23.1 Å². The van der Waals surface area contributed by atoms with Crippen LogP contribution in [0.5, 0.6) is 5.75 Å². The Morgan fingerprint density at radius 3 is 2.33 bits per heavy atom. The van der Waals surface area contributed by atoms with Crippen molar-refractivity contribution in [2.45, 2.75) is 32.7 Å². The summed E-state index contributed by atoms with van der Waals surface area (Å²) in [6.07, 6.45) is 1.44. The zero-order chi connectivity index (χ0) is 25.8. The van der Waals surface area contributed by atoms with Gasteiger partial charge in [-0.05, 0) is 55.2 Å². The molecule has 1 aromatic heterocycles. The van der Waals surface area contributed by atoms with Crippen molar-refractivity contribution in [3.8, 4) is 16.9 Å². The second-order valence-electron chi connectivity index (χ2n) is 8.81. The smallest absolute Gasteiger partial charge is 0.262 e. The number of carbonyl (C=O) groups is 1. The van der Waals surface area contributed by atoms with E-state index in [2.05, 4.69) is 5.32 Å². The first-order chi connectivity index (χ1) is 17.3. The highest BCUT2D eigenvalue weighted by molar-refractivity contribution is 6.39. The molecule has 0 aliphatic rings. The Labute approximate surface area is 220 Å². The minimum atomic E-state index is -0.313. The SMILES string of the molecule is CCCOc1c(-c2ccc(CC(C)NC(=O)c3c(Cl)cccc3Cl)cc2)c(=O)n(C)c2ccccc12. The maximum Gasteiger partial charge on any atom is 0.262 e. The number of benzene rings is 3. The number of para-hydroxylation sites is 1. The van der Waals surface area contributed by atoms with Crippen LogP contribution in [0.25, 0.3) is 22.0 Å². The second kappa shape index (κ2) is 11.2. The molecule has 0 aliphatic carbocycles. The molecule has 1 heterocycles. The number of ether oxygens (including phenoxy) is 1. The topological polar surface area (TPSA) is 60.3 Å². The van der Waals surface area contributed by atoms with Gasteiger partial charge >= 0.3 is 0 Å². The number of pyridine rings is 1. The lowest BCUT2D eigenvalue weighted by atomic mass is 9.99. The number of hydrogen-bond donors (Lipinski definition) is 1. The largest absolute Gasteiger partial charge is 0.492 e. The normalized spacial score (nSPS) is 11.9. The van der Waals surface area contributed by atoms with Crippen LogP contribution in [0.15, 0.2) is 71.5 Å². The van der Waals surface area contributed by atoms with Gasteiger partial charge in [-0.25, -0.2) is 0 Å². The maximum absolute atomic E-state index is 13.4. The summed E-state index contributed by atoms with van der Waals surface area (Å²) in [4.78, 5) is 26.1. The average molecular weight is 523 g/mol. The highest BCUT2D eigenvalue weighted by atomic mass is 35.5. The Morgan fingerprint density at radius 1 is 1.00 bits per heavy atom. The van der Waals surface area contributed by atoms with Crippen molar-refractivity contribution >= 4 is 40.0 Å². The van der Waals surface area contributed by atoms with Crippen LogP contribution in [0.2, 0.25) is 10.0 Å². The molecule has 0 radical (unpaired) electrons. The molecule has 186 valence electrons. The van der Waals surface area contributed by atoms with Crippen LogP contribution in [0, 0.1) is 0 Å². The van der Waals surface area contributed by atoms with Crippen molar-refractivity contribution in [1.82, 2.24) is 9.88 Å². The van der Waals surface area contributed by atoms with Gasteiger partial charge in [0.05, 0.1) is 33.3 Å². The first-order valence-corrected chi connectivity index (χ1v) is 12.7. The summed E-state index contributed by atoms with van der Waals surface area (Å²) in [6.45, 7) is 4.48. The number of aromatic nitrogens is 1. The molecule has 0 bridgehead atoms. The maximum atomic E-state index is 13.4. The number of nitrogens with one attached hydrogen (secondary N) is 1. The minimum Gasteiger partial charge on any atom is -0.492 e. The summed E-state index contributed by atoms with van der Waals surface area (Å²) >= 11 is 12.3. The summed E-state index contributed by atoms with van der Waals surface area (Å²) in [6, 6.07) is 20.4. The van der Waals surface area contributed by atoms with Gasteiger partial charge in [-0.3, -0.25) is 9.59 Å². The van der Waals surface area contributed by atoms with Crippen LogP contribution < -0.4 is 15.6 Å². The van der Waals surface area contributed by atoms with E-state index in [0.717, 1.165) is 28.5 Å². The number of amides is 1. The number of aryl methyl sites for hydroxylation is 1. The average Bonchev–Trinajstić information content (AvgIpc) is 2.86. The van der Waals surface area contributed by atoms with Crippen LogP contribution >= 0.6 is 23.2 Å². The molecule has 5 nitrogen and oxygen atoms in total. The van der Waals surface area contributed by atoms with Gasteiger partial charge in [0.25, 0.3) is 11.5 Å². The van der Waals surface area contributed by atoms with Crippen molar-refractivity contribution < 1.29 is 9.53 Å². The minimum absolute atomic E-state index is 0.107. The lowest BCUT2D eigenvalue weighted by molar-refractivity contribution is 0.0940. The Bertz CT molecular complexity index is 1440. The quantitative estimate of drug-likeness (QED) is 0.281. The summed E-state index contributed by atoms with van der Waals surface area (Å²) < 4.78 is 7.77. The number of hydrogen-bond acceptors (Lipinski definition) is 3. The molecular formula is C29H28Cl2N2O3. The highest BCUT2D eigenvalue weighted by Crippen LogP contribution is 2.34. The van der Waals surface area contributed by atoms with Gasteiger partial charge in [0.2, 0.25) is 0 Å². The van der Waals surface area contributed by atoms with E-state index in [4.69, 9.17) is 27.9 Å². The predicted octanol–water partition coefficient (Wildman–Crippen LogP) is 6.66. The standard InChI is InChI=1S/C29H28Cl2N2O3/c1-4-16-36-27-21-8-5-6-11-24(21)33(3)29(35)25(27)20-14-12-19(13-15-20)17-18(2)32-28(34)26-22(30)9-7-10-23(26)31/h5-15,18H,4,16-17H2,1-3H3,(H,32,34). The van der Waals surface area contributed by atoms with E-state index < -0.39 is 0 Å². The first-order valence-electron chi connectivity index (χ1n) is 11.9. The molecule has 4 rings (SSSR count). The third kappa shape index (κ3) is 5.28. The zero-order valence-corrected chi connectivity index (χ0v) is 22.0. The molecule has 1 atom stereocenters. The Morgan fingerprint density at radius 2 is 1.67 bits per heavy atom. The number of fused-ring (bicyclic) bond motifs is 1. The van der Waals surface area contributed by atoms with E-state index in [1.807, 2.05) is 62.4 Å². The zero-order valence-electron chi connectivity index (χ0n) is 20.5. The van der Waals surface area contributed by atoms with Crippen LogP contribution in [0.3, 0.4) is 0 Å². The van der Waals surface area contributed by atoms with Gasteiger partial charge in [-0.2, -0.15) is 0 Å². The van der Waals surface area contributed by atoms with Gasteiger partial charge in [0.15, 0.2) is 0 Å². The van der Waals surface area contributed by atoms with E-state index in [9.17, 15) is 9.59 Å². The van der Waals surface area contributed by atoms with Crippen molar-refractivity contribution in [3.05, 3.63) is 98.3 Å². The van der Waals surface area contributed by atoms with Gasteiger partial charge in [-0.1, -0.05) is 72.6 Å². The van der Waals surface area contributed by atoms with Gasteiger partial charge in [0, 0.05) is 18.5 Å². The third-order valence-corrected chi connectivity index (χ3v) is 6.69. The van der Waals surface area contributed by atoms with E-state index in [1.54, 1.807) is 29.8 Å². The lowest BCUT2D eigenvalue weighted by Crippen LogP contribution is -2.34. The highest BCUT2D eigenvalue weighted by Gasteiger charge is 2.19. The Hall–Kier alpha value is -3.28. The molecule has 1 unspecified atom stereocenters. The summed E-state index contributed by atoms with van der Waals surface area (Å²) in [5.74, 6) is 0.299. The fraction of sp³-hybridized carbons (Fsp3) is 0.241. The number of halogens is 2. The molecule has 7 heteroatoms. The molecule has 1 N–H and O–H groups in total. The van der Waals surface area contributed by atoms with Gasteiger partial charge in [-0.15, -0.1) is 0 Å². The third-order valence-electron chi connectivity index (χ3n) is 6.06. The van der Waals surface area contributed by atoms with Crippen LogP contribution in [-0.2, 0) is 13.5 Å². The summed E-state index contributed by atoms with van der Waals surface area (Å²) in [5, 5.41) is 4.49. The first kappa shape index (κ1) is 25.8. The molecular weight excluding hydrogens is 495 g/mol. The predicted molar refractivity (Wildman–Crippen MR) is 148 cm³/mol. The van der Waals surface area contributed by atoms with Crippen LogP contribution in [0.1, 0.15) is 36.2 Å². The molecule has 4 aromatic rings. The lowest BCUT2D eigenvalue weighted by Gasteiger charge is -2.17. The number of carbonyl (C=O) groups excluding carboxylic acids is 1. The van der Waals surface area contributed by atoms with E-state index in [-0.39, 0.29) is 23.1 Å². The molecule has 3 aromatic carbocycles. The summed E-state index contributed by atoms with van der Waals surface area (Å²) in [7, 11) is 1.78. The fourth-order valence-electron chi connectivity index (χ4n) is 4.30. The molecule has 1 amide bonds. The molecule has 36 heavy (non-hydrogen) atoms. The van der Waals surface area contributed by atoms with E-state index >= 15 is 0 Å². The van der Waals surface area contributed by atoms with Crippen molar-refractivity contribution in [2.75, 3.05) is 6.61 Å². The van der Waals surface area contributed by atoms with Gasteiger partial charge < -0.3 is 14.6 Å². The van der Waals surface area contributed by atoms with Gasteiger partial charge in [0.1, 0.15) is 5.75 Å². The van der Waals surface area contributed by atoms with E-state index in [1.165, 1.54) is 0 Å². The fourth-order valence-corrected chi connectivity index (χ4v) is 4.87. The molecule has 0 saturated carbocycles. The molecule has 0 spiro atoms. The van der Waals surface area contributed by atoms with Crippen molar-refractivity contribution in [2.24, 2.45) is 7.05 Å².